The van der Waals surface area contributed by atoms with E-state index < -0.39 is 0 Å². The van der Waals surface area contributed by atoms with Crippen molar-refractivity contribution in [2.24, 2.45) is 0 Å². The summed E-state index contributed by atoms with van der Waals surface area (Å²) in [5.41, 5.74) is 3.04. The lowest BCUT2D eigenvalue weighted by Crippen LogP contribution is -2.18. The van der Waals surface area contributed by atoms with Crippen LogP contribution in [0.3, 0.4) is 0 Å². The van der Waals surface area contributed by atoms with Gasteiger partial charge in [-0.05, 0) is 25.0 Å². The third-order valence-electron chi connectivity index (χ3n) is 2.70. The maximum absolute atomic E-state index is 9.87. The van der Waals surface area contributed by atoms with Crippen molar-refractivity contribution in [3.8, 4) is 5.75 Å². The number of fused-ring (bicyclic) bond motifs is 1. The highest BCUT2D eigenvalue weighted by Gasteiger charge is 2.22. The van der Waals surface area contributed by atoms with Crippen molar-refractivity contribution < 1.29 is 9.84 Å². The molecule has 1 aliphatic rings. The zero-order chi connectivity index (χ0) is 10.1. The van der Waals surface area contributed by atoms with E-state index >= 15 is 0 Å². The topological polar surface area (TPSA) is 41.5 Å². The van der Waals surface area contributed by atoms with E-state index in [0.717, 1.165) is 35.5 Å². The fourth-order valence-corrected chi connectivity index (χ4v) is 1.96. The first kappa shape index (κ1) is 9.34. The van der Waals surface area contributed by atoms with E-state index in [1.807, 2.05) is 19.1 Å². The number of aryl methyl sites for hydroxylation is 1. The van der Waals surface area contributed by atoms with Crippen LogP contribution in [0.15, 0.2) is 12.1 Å². The molecule has 0 saturated heterocycles. The van der Waals surface area contributed by atoms with E-state index in [4.69, 9.17) is 4.74 Å². The molecule has 1 heterocycles. The zero-order valence-corrected chi connectivity index (χ0v) is 8.50. The largest absolute Gasteiger partial charge is 0.495 e. The molecule has 0 bridgehead atoms. The normalized spacial score (nSPS) is 19.8. The quantitative estimate of drug-likeness (QED) is 0.715. The summed E-state index contributed by atoms with van der Waals surface area (Å²) in [6.45, 7) is 2.81. The van der Waals surface area contributed by atoms with E-state index in [1.165, 1.54) is 0 Å². The lowest BCUT2D eigenvalue weighted by atomic mass is 9.95. The Morgan fingerprint density at radius 1 is 1.50 bits per heavy atom. The SMILES string of the molecule is COc1ccc(C)c2c1NCCC2O. The smallest absolute Gasteiger partial charge is 0.142 e. The van der Waals surface area contributed by atoms with E-state index in [9.17, 15) is 5.11 Å². The van der Waals surface area contributed by atoms with Gasteiger partial charge in [-0.2, -0.15) is 0 Å². The minimum Gasteiger partial charge on any atom is -0.495 e. The average molecular weight is 193 g/mol. The first-order chi connectivity index (χ1) is 6.74. The molecule has 2 N–H and O–H groups in total. The third kappa shape index (κ3) is 1.34. The van der Waals surface area contributed by atoms with Crippen LogP contribution in [-0.4, -0.2) is 18.8 Å². The summed E-state index contributed by atoms with van der Waals surface area (Å²) in [4.78, 5) is 0. The average Bonchev–Trinajstić information content (AvgIpc) is 2.18. The number of hydrogen-bond donors (Lipinski definition) is 2. The third-order valence-corrected chi connectivity index (χ3v) is 2.70. The van der Waals surface area contributed by atoms with Gasteiger partial charge in [0.2, 0.25) is 0 Å². The number of ether oxygens (including phenoxy) is 1. The van der Waals surface area contributed by atoms with Crippen molar-refractivity contribution in [3.63, 3.8) is 0 Å². The fraction of sp³-hybridized carbons (Fsp3) is 0.455. The predicted octanol–water partition coefficient (Wildman–Crippen LogP) is 1.85. The molecule has 1 aromatic rings. The molecular formula is C11H15NO2. The summed E-state index contributed by atoms with van der Waals surface area (Å²) in [5.74, 6) is 0.810. The van der Waals surface area contributed by atoms with Crippen LogP contribution >= 0.6 is 0 Å². The van der Waals surface area contributed by atoms with Crippen LogP contribution in [0.2, 0.25) is 0 Å². The lowest BCUT2D eigenvalue weighted by Gasteiger charge is -2.26. The van der Waals surface area contributed by atoms with Gasteiger partial charge >= 0.3 is 0 Å². The second-order valence-electron chi connectivity index (χ2n) is 3.60. The number of anilines is 1. The molecule has 2 rings (SSSR count). The lowest BCUT2D eigenvalue weighted by molar-refractivity contribution is 0.167. The van der Waals surface area contributed by atoms with Crippen LogP contribution in [0, 0.1) is 6.92 Å². The number of hydrogen-bond acceptors (Lipinski definition) is 3. The Morgan fingerprint density at radius 3 is 3.00 bits per heavy atom. The second kappa shape index (κ2) is 3.50. The number of rotatable bonds is 1. The van der Waals surface area contributed by atoms with E-state index in [-0.39, 0.29) is 6.10 Å². The molecule has 76 valence electrons. The molecule has 1 unspecified atom stereocenters. The van der Waals surface area contributed by atoms with Crippen molar-refractivity contribution in [2.45, 2.75) is 19.4 Å². The highest BCUT2D eigenvalue weighted by molar-refractivity contribution is 5.66. The molecule has 3 nitrogen and oxygen atoms in total. The molecule has 0 saturated carbocycles. The molecule has 1 aliphatic heterocycles. The van der Waals surface area contributed by atoms with Gasteiger partial charge in [0.25, 0.3) is 0 Å². The molecule has 14 heavy (non-hydrogen) atoms. The van der Waals surface area contributed by atoms with E-state index in [2.05, 4.69) is 5.32 Å². The van der Waals surface area contributed by atoms with Crippen molar-refractivity contribution in [3.05, 3.63) is 23.3 Å². The first-order valence-corrected chi connectivity index (χ1v) is 4.83. The molecule has 1 aromatic carbocycles. The molecule has 1 atom stereocenters. The van der Waals surface area contributed by atoms with Gasteiger partial charge in [-0.3, -0.25) is 0 Å². The Bertz CT molecular complexity index is 349. The summed E-state index contributed by atoms with van der Waals surface area (Å²) < 4.78 is 5.24. The minimum absolute atomic E-state index is 0.360. The number of aliphatic hydroxyl groups is 1. The van der Waals surface area contributed by atoms with Crippen LogP contribution in [0.5, 0.6) is 5.75 Å². The van der Waals surface area contributed by atoms with Gasteiger partial charge in [-0.15, -0.1) is 0 Å². The van der Waals surface area contributed by atoms with Crippen molar-refractivity contribution in [2.75, 3.05) is 19.0 Å². The first-order valence-electron chi connectivity index (χ1n) is 4.83. The summed E-state index contributed by atoms with van der Waals surface area (Å²) in [6.07, 6.45) is 0.405. The summed E-state index contributed by atoms with van der Waals surface area (Å²) in [6, 6.07) is 3.91. The molecule has 0 spiro atoms. The van der Waals surface area contributed by atoms with Gasteiger partial charge in [0.1, 0.15) is 5.75 Å². The molecule has 0 amide bonds. The highest BCUT2D eigenvalue weighted by Crippen LogP contribution is 2.38. The number of methoxy groups -OCH3 is 1. The molecule has 0 aliphatic carbocycles. The Hall–Kier alpha value is -1.22. The second-order valence-corrected chi connectivity index (χ2v) is 3.60. The predicted molar refractivity (Wildman–Crippen MR) is 55.8 cm³/mol. The van der Waals surface area contributed by atoms with Crippen molar-refractivity contribution in [1.29, 1.82) is 0 Å². The maximum Gasteiger partial charge on any atom is 0.142 e. The molecule has 3 heteroatoms. The van der Waals surface area contributed by atoms with Crippen LogP contribution < -0.4 is 10.1 Å². The van der Waals surface area contributed by atoms with Crippen LogP contribution in [-0.2, 0) is 0 Å². The maximum atomic E-state index is 9.87. The van der Waals surface area contributed by atoms with Crippen molar-refractivity contribution >= 4 is 5.69 Å². The van der Waals surface area contributed by atoms with Gasteiger partial charge in [-0.25, -0.2) is 0 Å². The van der Waals surface area contributed by atoms with E-state index in [0.29, 0.717) is 0 Å². The molecular weight excluding hydrogens is 178 g/mol. The van der Waals surface area contributed by atoms with Gasteiger partial charge in [-0.1, -0.05) is 6.07 Å². The number of benzene rings is 1. The van der Waals surface area contributed by atoms with Gasteiger partial charge in [0.05, 0.1) is 18.9 Å². The Morgan fingerprint density at radius 2 is 2.29 bits per heavy atom. The Balaban J connectivity index is 2.57. The molecule has 0 radical (unpaired) electrons. The Labute approximate surface area is 83.7 Å². The molecule has 0 fully saturated rings. The highest BCUT2D eigenvalue weighted by atomic mass is 16.5. The number of aliphatic hydroxyl groups excluding tert-OH is 1. The Kier molecular flexibility index (Phi) is 2.33. The number of nitrogens with one attached hydrogen (secondary N) is 1. The monoisotopic (exact) mass is 193 g/mol. The fourth-order valence-electron chi connectivity index (χ4n) is 1.96. The van der Waals surface area contributed by atoms with Gasteiger partial charge < -0.3 is 15.2 Å². The van der Waals surface area contributed by atoms with E-state index in [1.54, 1.807) is 7.11 Å². The van der Waals surface area contributed by atoms with Gasteiger partial charge in [0.15, 0.2) is 0 Å². The van der Waals surface area contributed by atoms with Crippen molar-refractivity contribution in [1.82, 2.24) is 0 Å². The summed E-state index contributed by atoms with van der Waals surface area (Å²) in [7, 11) is 1.65. The molecule has 0 aromatic heterocycles. The van der Waals surface area contributed by atoms with Crippen LogP contribution in [0.25, 0.3) is 0 Å². The van der Waals surface area contributed by atoms with Crippen LogP contribution in [0.1, 0.15) is 23.7 Å². The van der Waals surface area contributed by atoms with Crippen LogP contribution in [0.4, 0.5) is 5.69 Å². The zero-order valence-electron chi connectivity index (χ0n) is 8.50. The minimum atomic E-state index is -0.360. The van der Waals surface area contributed by atoms with Gasteiger partial charge in [0, 0.05) is 12.1 Å². The summed E-state index contributed by atoms with van der Waals surface area (Å²) >= 11 is 0. The standard InChI is InChI=1S/C11H15NO2/c1-7-3-4-9(14-2)11-10(7)8(13)5-6-12-11/h3-4,8,12-13H,5-6H2,1-2H3. The summed E-state index contributed by atoms with van der Waals surface area (Å²) in [5, 5.41) is 13.1.